The van der Waals surface area contributed by atoms with Crippen molar-refractivity contribution in [2.24, 2.45) is 0 Å². The molecule has 0 saturated carbocycles. The summed E-state index contributed by atoms with van der Waals surface area (Å²) in [7, 11) is 0. The van der Waals surface area contributed by atoms with Gasteiger partial charge in [0, 0.05) is 17.8 Å². The van der Waals surface area contributed by atoms with E-state index in [2.05, 4.69) is 22.1 Å². The first-order valence-corrected chi connectivity index (χ1v) is 7.63. The summed E-state index contributed by atoms with van der Waals surface area (Å²) >= 11 is 0. The number of nitrogens with zero attached hydrogens (tertiary/aromatic N) is 1. The molecule has 25 heavy (non-hydrogen) atoms. The topological polar surface area (TPSA) is 62.2 Å². The number of nitrogens with one attached hydrogen (secondary N) is 1. The van der Waals surface area contributed by atoms with Crippen LogP contribution in [0.2, 0.25) is 0 Å². The van der Waals surface area contributed by atoms with Crippen LogP contribution in [0.25, 0.3) is 0 Å². The molecule has 1 atom stereocenters. The Bertz CT molecular complexity index is 831. The van der Waals surface area contributed by atoms with Crippen LogP contribution < -0.4 is 5.32 Å². The lowest BCUT2D eigenvalue weighted by Gasteiger charge is -2.26. The van der Waals surface area contributed by atoms with Crippen LogP contribution >= 0.6 is 0 Å². The Hall–Kier alpha value is -2.78. The van der Waals surface area contributed by atoms with Gasteiger partial charge in [-0.3, -0.25) is 4.79 Å². The van der Waals surface area contributed by atoms with Crippen LogP contribution in [-0.2, 0) is 0 Å². The van der Waals surface area contributed by atoms with E-state index >= 15 is 0 Å². The predicted octanol–water partition coefficient (Wildman–Crippen LogP) is 2.65. The summed E-state index contributed by atoms with van der Waals surface area (Å²) in [6, 6.07) is 5.75. The molecule has 2 N–H and O–H groups in total. The van der Waals surface area contributed by atoms with Gasteiger partial charge in [0.05, 0.1) is 17.2 Å². The minimum absolute atomic E-state index is 0.0715. The minimum atomic E-state index is -1.06. The second kappa shape index (κ2) is 7.41. The smallest absolute Gasteiger partial charge is 0.270 e. The molecule has 0 aliphatic heterocycles. The van der Waals surface area contributed by atoms with E-state index in [1.165, 1.54) is 18.3 Å². The number of aliphatic hydroxyl groups is 1. The van der Waals surface area contributed by atoms with Crippen molar-refractivity contribution in [1.82, 2.24) is 10.3 Å². The molecule has 0 fully saturated rings. The molecule has 130 valence electrons. The first-order chi connectivity index (χ1) is 11.7. The van der Waals surface area contributed by atoms with E-state index in [9.17, 15) is 18.7 Å². The zero-order chi connectivity index (χ0) is 18.6. The zero-order valence-corrected chi connectivity index (χ0v) is 14.1. The molecule has 0 aliphatic carbocycles. The van der Waals surface area contributed by atoms with Crippen LogP contribution in [0.5, 0.6) is 0 Å². The molecule has 0 saturated heterocycles. The van der Waals surface area contributed by atoms with Gasteiger partial charge in [-0.05, 0) is 45.0 Å². The number of aromatic nitrogens is 1. The lowest BCUT2D eigenvalue weighted by atomic mass is 10.0. The van der Waals surface area contributed by atoms with Gasteiger partial charge < -0.3 is 10.4 Å². The highest BCUT2D eigenvalue weighted by Crippen LogP contribution is 2.10. The quantitative estimate of drug-likeness (QED) is 0.842. The summed E-state index contributed by atoms with van der Waals surface area (Å²) in [6.07, 6.45) is 1.39. The fourth-order valence-corrected chi connectivity index (χ4v) is 1.78. The number of hydrogen-bond acceptors (Lipinski definition) is 3. The maximum Gasteiger partial charge on any atom is 0.270 e. The second-order valence-corrected chi connectivity index (χ2v) is 6.16. The van der Waals surface area contributed by atoms with Crippen LogP contribution in [-0.4, -0.2) is 27.6 Å². The van der Waals surface area contributed by atoms with E-state index in [1.54, 1.807) is 26.8 Å². The maximum atomic E-state index is 13.5. The number of amides is 1. The Morgan fingerprint density at radius 1 is 1.24 bits per heavy atom. The molecule has 4 nitrogen and oxygen atoms in total. The lowest BCUT2D eigenvalue weighted by Crippen LogP contribution is -2.47. The monoisotopic (exact) mass is 344 g/mol. The summed E-state index contributed by atoms with van der Waals surface area (Å²) in [4.78, 5) is 16.1. The molecule has 1 heterocycles. The first-order valence-electron chi connectivity index (χ1n) is 7.63. The first kappa shape index (κ1) is 18.6. The zero-order valence-electron chi connectivity index (χ0n) is 14.1. The summed E-state index contributed by atoms with van der Waals surface area (Å²) in [6.45, 7) is 4.88. The number of hydrogen-bond donors (Lipinski definition) is 2. The minimum Gasteiger partial charge on any atom is -0.388 e. The van der Waals surface area contributed by atoms with E-state index < -0.39 is 29.2 Å². The lowest BCUT2D eigenvalue weighted by molar-refractivity contribution is 0.0407. The number of benzene rings is 1. The van der Waals surface area contributed by atoms with E-state index in [0.29, 0.717) is 5.56 Å². The van der Waals surface area contributed by atoms with E-state index in [-0.39, 0.29) is 11.3 Å². The number of carbonyl (C=O) groups excluding carboxylic acids is 1. The van der Waals surface area contributed by atoms with Crippen molar-refractivity contribution < 1.29 is 18.7 Å². The van der Waals surface area contributed by atoms with E-state index in [0.717, 1.165) is 12.1 Å². The Morgan fingerprint density at radius 3 is 2.52 bits per heavy atom. The highest BCUT2D eigenvalue weighted by Gasteiger charge is 2.24. The van der Waals surface area contributed by atoms with Gasteiger partial charge in [-0.1, -0.05) is 11.8 Å². The Labute approximate surface area is 144 Å². The average molecular weight is 344 g/mol. The van der Waals surface area contributed by atoms with Gasteiger partial charge in [0.2, 0.25) is 0 Å². The number of carbonyl (C=O) groups is 1. The third-order valence-electron chi connectivity index (χ3n) is 3.68. The third-order valence-corrected chi connectivity index (χ3v) is 3.68. The van der Waals surface area contributed by atoms with Gasteiger partial charge in [0.1, 0.15) is 17.3 Å². The molecule has 2 rings (SSSR count). The van der Waals surface area contributed by atoms with Gasteiger partial charge in [0.25, 0.3) is 5.91 Å². The van der Waals surface area contributed by atoms with E-state index in [1.807, 2.05) is 0 Å². The third kappa shape index (κ3) is 5.10. The van der Waals surface area contributed by atoms with Gasteiger partial charge in [-0.15, -0.1) is 0 Å². The Balaban J connectivity index is 2.10. The fourth-order valence-electron chi connectivity index (χ4n) is 1.78. The molecule has 0 aliphatic rings. The molecule has 0 spiro atoms. The maximum absolute atomic E-state index is 13.5. The summed E-state index contributed by atoms with van der Waals surface area (Å²) < 4.78 is 26.4. The van der Waals surface area contributed by atoms with Crippen LogP contribution in [0.4, 0.5) is 8.78 Å². The van der Waals surface area contributed by atoms with Gasteiger partial charge in [-0.2, -0.15) is 0 Å². The molecular weight excluding hydrogens is 326 g/mol. The van der Waals surface area contributed by atoms with Crippen molar-refractivity contribution in [3.8, 4) is 11.8 Å². The molecule has 0 unspecified atom stereocenters. The van der Waals surface area contributed by atoms with Crippen LogP contribution in [0.3, 0.4) is 0 Å². The fraction of sp³-hybridized carbons (Fsp3) is 0.263. The second-order valence-electron chi connectivity index (χ2n) is 6.16. The van der Waals surface area contributed by atoms with Crippen molar-refractivity contribution in [2.75, 3.05) is 0 Å². The summed E-state index contributed by atoms with van der Waals surface area (Å²) in [5, 5.41) is 12.5. The van der Waals surface area contributed by atoms with Crippen molar-refractivity contribution in [1.29, 1.82) is 0 Å². The normalized spacial score (nSPS) is 12.1. The van der Waals surface area contributed by atoms with Gasteiger partial charge in [-0.25, -0.2) is 13.8 Å². The van der Waals surface area contributed by atoms with Crippen LogP contribution in [0.15, 0.2) is 36.5 Å². The summed E-state index contributed by atoms with van der Waals surface area (Å²) in [5.41, 5.74) is -0.326. The van der Waals surface area contributed by atoms with E-state index in [4.69, 9.17) is 0 Å². The molecule has 1 aromatic carbocycles. The Kier molecular flexibility index (Phi) is 5.50. The average Bonchev–Trinajstić information content (AvgIpc) is 2.53. The highest BCUT2D eigenvalue weighted by atomic mass is 19.1. The molecule has 2 aromatic rings. The molecular formula is C19H18F2N2O2. The number of halogens is 2. The number of rotatable bonds is 3. The molecule has 0 radical (unpaired) electrons. The van der Waals surface area contributed by atoms with Crippen LogP contribution in [0, 0.1) is 23.5 Å². The van der Waals surface area contributed by atoms with Crippen molar-refractivity contribution in [2.45, 2.75) is 32.4 Å². The Morgan fingerprint density at radius 2 is 1.96 bits per heavy atom. The molecule has 6 heteroatoms. The molecule has 1 aromatic heterocycles. The van der Waals surface area contributed by atoms with Gasteiger partial charge >= 0.3 is 0 Å². The van der Waals surface area contributed by atoms with Crippen LogP contribution in [0.1, 0.15) is 42.4 Å². The molecule has 0 bridgehead atoms. The predicted molar refractivity (Wildman–Crippen MR) is 89.8 cm³/mol. The highest BCUT2D eigenvalue weighted by molar-refractivity contribution is 5.92. The van der Waals surface area contributed by atoms with Crippen molar-refractivity contribution in [3.05, 3.63) is 65.0 Å². The standard InChI is InChI=1S/C19H18F2N2O2/c1-12(19(2,3)25)23-18(24)17-9-5-13(11-22-17)4-6-14-7-8-15(20)10-16(14)21/h5,7-12,25H,1-3H3,(H,23,24)/t12-/m1/s1. The largest absolute Gasteiger partial charge is 0.388 e. The van der Waals surface area contributed by atoms with Gasteiger partial charge in [0.15, 0.2) is 0 Å². The molecule has 1 amide bonds. The SMILES string of the molecule is C[C@@H](NC(=O)c1ccc(C#Cc2ccc(F)cc2F)cn1)C(C)(C)O. The number of pyridine rings is 1. The summed E-state index contributed by atoms with van der Waals surface area (Å²) in [5.74, 6) is 3.47. The van der Waals surface area contributed by atoms with Crippen molar-refractivity contribution >= 4 is 5.91 Å². The van der Waals surface area contributed by atoms with Crippen molar-refractivity contribution in [3.63, 3.8) is 0 Å².